The van der Waals surface area contributed by atoms with Gasteiger partial charge in [0, 0.05) is 17.8 Å². The van der Waals surface area contributed by atoms with Gasteiger partial charge < -0.3 is 5.32 Å². The Hall–Kier alpha value is -1.99. The summed E-state index contributed by atoms with van der Waals surface area (Å²) in [5.74, 6) is -0.245. The average Bonchev–Trinajstić information content (AvgIpc) is 3.06. The topological polar surface area (TPSA) is 64.0 Å². The van der Waals surface area contributed by atoms with Crippen molar-refractivity contribution in [2.75, 3.05) is 13.1 Å². The van der Waals surface area contributed by atoms with E-state index in [2.05, 4.69) is 10.3 Å². The molecule has 1 saturated heterocycles. The molecular formula is C19H22FN3O2S. The predicted octanol–water partition coefficient (Wildman–Crippen LogP) is 3.16. The van der Waals surface area contributed by atoms with Crippen LogP contribution in [0.25, 0.3) is 11.0 Å². The fourth-order valence-corrected chi connectivity index (χ4v) is 5.66. The minimum absolute atomic E-state index is 0.227. The summed E-state index contributed by atoms with van der Waals surface area (Å²) in [5, 5.41) is 4.04. The second kappa shape index (κ2) is 6.32. The van der Waals surface area contributed by atoms with E-state index in [1.807, 2.05) is 6.07 Å². The molecule has 3 heterocycles. The summed E-state index contributed by atoms with van der Waals surface area (Å²) in [6, 6.07) is 5.29. The van der Waals surface area contributed by atoms with Gasteiger partial charge in [0.15, 0.2) is 5.65 Å². The molecule has 0 aromatic carbocycles. The molecule has 0 spiro atoms. The molecule has 0 amide bonds. The van der Waals surface area contributed by atoms with Gasteiger partial charge in [-0.05, 0) is 75.5 Å². The molecule has 0 radical (unpaired) electrons. The third-order valence-corrected chi connectivity index (χ3v) is 7.70. The Morgan fingerprint density at radius 2 is 2.08 bits per heavy atom. The van der Waals surface area contributed by atoms with E-state index in [0.29, 0.717) is 12.1 Å². The normalized spacial score (nSPS) is 25.2. The lowest BCUT2D eigenvalue weighted by Gasteiger charge is -2.34. The monoisotopic (exact) mass is 375 g/mol. The van der Waals surface area contributed by atoms with Crippen LogP contribution >= 0.6 is 0 Å². The van der Waals surface area contributed by atoms with Crippen LogP contribution in [0.2, 0.25) is 0 Å². The van der Waals surface area contributed by atoms with Gasteiger partial charge in [0.1, 0.15) is 10.6 Å². The zero-order valence-electron chi connectivity index (χ0n) is 14.7. The first kappa shape index (κ1) is 17.4. The van der Waals surface area contributed by atoms with Crippen LogP contribution in [0.4, 0.5) is 4.39 Å². The summed E-state index contributed by atoms with van der Waals surface area (Å²) in [4.78, 5) is 4.21. The van der Waals surface area contributed by atoms with Gasteiger partial charge in [-0.15, -0.1) is 0 Å². The van der Waals surface area contributed by atoms with E-state index in [0.717, 1.165) is 36.9 Å². The van der Waals surface area contributed by atoms with Crippen molar-refractivity contribution >= 4 is 21.1 Å². The van der Waals surface area contributed by atoms with Crippen LogP contribution in [0.5, 0.6) is 0 Å². The maximum Gasteiger partial charge on any atom is 0.249 e. The first-order chi connectivity index (χ1) is 12.4. The first-order valence-electron chi connectivity index (χ1n) is 8.87. The molecule has 1 aliphatic carbocycles. The highest BCUT2D eigenvalue weighted by atomic mass is 32.2. The highest BCUT2D eigenvalue weighted by molar-refractivity contribution is 7.91. The lowest BCUT2D eigenvalue weighted by molar-refractivity contribution is 0.400. The van der Waals surface area contributed by atoms with Gasteiger partial charge in [-0.2, -0.15) is 0 Å². The van der Waals surface area contributed by atoms with Crippen LogP contribution < -0.4 is 5.32 Å². The number of nitrogens with zero attached hydrogens (tertiary/aromatic N) is 2. The van der Waals surface area contributed by atoms with E-state index < -0.39 is 20.6 Å². The summed E-state index contributed by atoms with van der Waals surface area (Å²) in [7, 11) is -3.87. The Morgan fingerprint density at radius 1 is 1.31 bits per heavy atom. The predicted molar refractivity (Wildman–Crippen MR) is 99.9 cm³/mol. The zero-order valence-corrected chi connectivity index (χ0v) is 15.5. The molecule has 2 aromatic rings. The molecule has 4 rings (SSSR count). The molecular weight excluding hydrogens is 353 g/mol. The number of hydrogen-bond donors (Lipinski definition) is 1. The van der Waals surface area contributed by atoms with Gasteiger partial charge >= 0.3 is 0 Å². The van der Waals surface area contributed by atoms with Crippen molar-refractivity contribution in [3.63, 3.8) is 0 Å². The molecule has 1 aliphatic heterocycles. The summed E-state index contributed by atoms with van der Waals surface area (Å²) >= 11 is 0. The molecule has 1 atom stereocenters. The molecule has 1 unspecified atom stereocenters. The van der Waals surface area contributed by atoms with Gasteiger partial charge in [0.25, 0.3) is 0 Å². The van der Waals surface area contributed by atoms with Crippen molar-refractivity contribution in [3.8, 4) is 0 Å². The number of fused-ring (bicyclic) bond motifs is 1. The van der Waals surface area contributed by atoms with Gasteiger partial charge in [0.05, 0.1) is 0 Å². The van der Waals surface area contributed by atoms with E-state index in [-0.39, 0.29) is 5.92 Å². The minimum Gasteiger partial charge on any atom is -0.317 e. The van der Waals surface area contributed by atoms with Crippen LogP contribution in [0.1, 0.15) is 26.2 Å². The highest BCUT2D eigenvalue weighted by Crippen LogP contribution is 2.40. The number of rotatable bonds is 3. The second-order valence-corrected chi connectivity index (χ2v) is 9.57. The molecule has 0 bridgehead atoms. The summed E-state index contributed by atoms with van der Waals surface area (Å²) < 4.78 is 41.2. The van der Waals surface area contributed by atoms with Crippen molar-refractivity contribution in [1.29, 1.82) is 0 Å². The molecule has 2 aromatic heterocycles. The van der Waals surface area contributed by atoms with Gasteiger partial charge in [-0.3, -0.25) is 0 Å². The Kier molecular flexibility index (Phi) is 4.23. The largest absolute Gasteiger partial charge is 0.317 e. The molecule has 138 valence electrons. The Labute approximate surface area is 152 Å². The van der Waals surface area contributed by atoms with Crippen LogP contribution in [0.15, 0.2) is 54.1 Å². The number of aromatic nitrogens is 2. The van der Waals surface area contributed by atoms with Crippen LogP contribution in [-0.4, -0.2) is 35.2 Å². The van der Waals surface area contributed by atoms with Crippen LogP contribution in [0.3, 0.4) is 0 Å². The standard InChI is InChI=1S/C19H22FN3O2S/c1-19(12-16(11-17(20)13-19)14-4-8-21-9-5-14)26(24,25)23-10-6-15-3-2-7-22-18(15)23/h2-3,6-7,10-11,13-14,21H,4-5,8-9,12H2,1H3. The van der Waals surface area contributed by atoms with E-state index in [1.165, 1.54) is 22.3 Å². The Bertz CT molecular complexity index is 1000. The first-order valence-corrected chi connectivity index (χ1v) is 10.3. The third-order valence-electron chi connectivity index (χ3n) is 5.45. The number of hydrogen-bond acceptors (Lipinski definition) is 4. The van der Waals surface area contributed by atoms with Gasteiger partial charge in [-0.1, -0.05) is 5.57 Å². The molecule has 0 saturated carbocycles. The fraction of sp³-hybridized carbons (Fsp3) is 0.421. The molecule has 7 heteroatoms. The van der Waals surface area contributed by atoms with E-state index >= 15 is 0 Å². The summed E-state index contributed by atoms with van der Waals surface area (Å²) in [6.45, 7) is 3.36. The summed E-state index contributed by atoms with van der Waals surface area (Å²) in [6.07, 6.45) is 7.95. The second-order valence-electron chi connectivity index (χ2n) is 7.30. The molecule has 5 nitrogen and oxygen atoms in total. The fourth-order valence-electron chi connectivity index (χ4n) is 4.00. The molecule has 26 heavy (non-hydrogen) atoms. The van der Waals surface area contributed by atoms with Crippen molar-refractivity contribution in [1.82, 2.24) is 14.3 Å². The number of nitrogens with one attached hydrogen (secondary N) is 1. The van der Waals surface area contributed by atoms with Crippen LogP contribution in [0, 0.1) is 5.92 Å². The molecule has 2 aliphatic rings. The van der Waals surface area contributed by atoms with Gasteiger partial charge in [-0.25, -0.2) is 21.8 Å². The lowest BCUT2D eigenvalue weighted by Crippen LogP contribution is -2.41. The third kappa shape index (κ3) is 2.79. The highest BCUT2D eigenvalue weighted by Gasteiger charge is 2.43. The maximum atomic E-state index is 14.4. The van der Waals surface area contributed by atoms with Crippen LogP contribution in [-0.2, 0) is 10.0 Å². The maximum absolute atomic E-state index is 14.4. The van der Waals surface area contributed by atoms with Crippen molar-refractivity contribution in [3.05, 3.63) is 54.1 Å². The number of allylic oxidation sites excluding steroid dienone is 3. The minimum atomic E-state index is -3.87. The summed E-state index contributed by atoms with van der Waals surface area (Å²) in [5.41, 5.74) is 1.27. The average molecular weight is 375 g/mol. The lowest BCUT2D eigenvalue weighted by atomic mass is 9.82. The zero-order chi connectivity index (χ0) is 18.4. The number of piperidine rings is 1. The quantitative estimate of drug-likeness (QED) is 0.895. The van der Waals surface area contributed by atoms with Gasteiger partial charge in [0.2, 0.25) is 10.0 Å². The number of halogens is 1. The van der Waals surface area contributed by atoms with E-state index in [9.17, 15) is 12.8 Å². The number of pyridine rings is 1. The van der Waals surface area contributed by atoms with E-state index in [4.69, 9.17) is 0 Å². The SMILES string of the molecule is CC1(S(=O)(=O)n2ccc3cccnc32)C=C(F)C=C(C2CCNCC2)C1. The molecule has 1 N–H and O–H groups in total. The van der Waals surface area contributed by atoms with Crippen molar-refractivity contribution in [2.24, 2.45) is 5.92 Å². The van der Waals surface area contributed by atoms with Crippen molar-refractivity contribution < 1.29 is 12.8 Å². The van der Waals surface area contributed by atoms with E-state index in [1.54, 1.807) is 25.3 Å². The Balaban J connectivity index is 1.75. The smallest absolute Gasteiger partial charge is 0.249 e. The van der Waals surface area contributed by atoms with Crippen molar-refractivity contribution in [2.45, 2.75) is 30.9 Å². The Morgan fingerprint density at radius 3 is 2.85 bits per heavy atom. The molecule has 1 fully saturated rings.